The summed E-state index contributed by atoms with van der Waals surface area (Å²) in [7, 11) is 1.62. The van der Waals surface area contributed by atoms with Crippen LogP contribution in [0.1, 0.15) is 6.92 Å². The van der Waals surface area contributed by atoms with Crippen LogP contribution in [0.25, 0.3) is 0 Å². The van der Waals surface area contributed by atoms with E-state index in [-0.39, 0.29) is 0 Å². The summed E-state index contributed by atoms with van der Waals surface area (Å²) in [6, 6.07) is 9.70. The van der Waals surface area contributed by atoms with Crippen molar-refractivity contribution in [3.8, 4) is 11.8 Å². The molecule has 1 heterocycles. The topological polar surface area (TPSA) is 73.0 Å². The number of thioether (sulfide) groups is 1. The molecule has 114 valence electrons. The Balaban J connectivity index is 2.37. The maximum absolute atomic E-state index is 9.47. The van der Waals surface area contributed by atoms with E-state index in [1.807, 2.05) is 37.4 Å². The smallest absolute Gasteiger partial charge is 0.150 e. The third kappa shape index (κ3) is 3.40. The van der Waals surface area contributed by atoms with Gasteiger partial charge in [-0.15, -0.1) is 11.8 Å². The van der Waals surface area contributed by atoms with Crippen LogP contribution < -0.4 is 10.1 Å². The van der Waals surface area contributed by atoms with Crippen molar-refractivity contribution in [3.63, 3.8) is 0 Å². The monoisotopic (exact) mass is 315 g/mol. The normalized spacial score (nSPS) is 14.8. The molecule has 1 N–H and O–H groups in total. The molecule has 0 amide bonds. The van der Waals surface area contributed by atoms with Crippen molar-refractivity contribution in [3.05, 3.63) is 35.7 Å². The minimum absolute atomic E-state index is 0.379. The minimum Gasteiger partial charge on any atom is -0.497 e. The Bertz CT molecular complexity index is 658. The van der Waals surface area contributed by atoms with Gasteiger partial charge in [0.25, 0.3) is 0 Å². The Hall–Kier alpha value is -2.46. The molecule has 0 aliphatic carbocycles. The van der Waals surface area contributed by atoms with Gasteiger partial charge in [0.2, 0.25) is 0 Å². The second-order valence-corrected chi connectivity index (χ2v) is 5.07. The van der Waals surface area contributed by atoms with E-state index in [0.29, 0.717) is 23.1 Å². The van der Waals surface area contributed by atoms with Crippen LogP contribution in [0.4, 0.5) is 5.69 Å². The molecule has 0 unspecified atom stereocenters. The van der Waals surface area contributed by atoms with E-state index < -0.39 is 0 Å². The number of hydrogen-bond acceptors (Lipinski definition) is 7. The highest BCUT2D eigenvalue weighted by Gasteiger charge is 2.23. The highest BCUT2D eigenvalue weighted by molar-refractivity contribution is 8.13. The first-order chi connectivity index (χ1) is 10.7. The standard InChI is InChI=1S/C15H17N5OS/c1-4-18-20-10-17-15(22-3)13(9-16)14(20)19-11-5-7-12(21-2)8-6-11/h4-8,19H,10H2,1-3H3/b18-4-. The molecule has 1 aromatic carbocycles. The number of nitriles is 1. The number of nitrogens with one attached hydrogen (secondary N) is 1. The summed E-state index contributed by atoms with van der Waals surface area (Å²) in [6.07, 6.45) is 3.57. The van der Waals surface area contributed by atoms with Gasteiger partial charge in [0.05, 0.1) is 7.11 Å². The van der Waals surface area contributed by atoms with Crippen molar-refractivity contribution in [2.24, 2.45) is 10.1 Å². The Labute approximate surface area is 134 Å². The molecule has 2 rings (SSSR count). The first kappa shape index (κ1) is 15.9. The number of hydrazone groups is 1. The van der Waals surface area contributed by atoms with Gasteiger partial charge in [-0.25, -0.2) is 5.01 Å². The van der Waals surface area contributed by atoms with Crippen LogP contribution in [0, 0.1) is 11.3 Å². The van der Waals surface area contributed by atoms with Gasteiger partial charge in [-0.1, -0.05) is 0 Å². The SMILES string of the molecule is C/C=N\N1CN=C(SC)C(C#N)=C1Nc1ccc(OC)cc1. The van der Waals surface area contributed by atoms with E-state index in [4.69, 9.17) is 4.74 Å². The predicted molar refractivity (Wildman–Crippen MR) is 91.1 cm³/mol. The lowest BCUT2D eigenvalue weighted by atomic mass is 10.2. The molecule has 0 saturated heterocycles. The second-order valence-electron chi connectivity index (χ2n) is 4.27. The minimum atomic E-state index is 0.379. The van der Waals surface area contributed by atoms with Gasteiger partial charge in [-0.2, -0.15) is 10.4 Å². The van der Waals surface area contributed by atoms with Crippen LogP contribution in [-0.4, -0.2) is 36.3 Å². The van der Waals surface area contributed by atoms with Gasteiger partial charge in [0.15, 0.2) is 0 Å². The lowest BCUT2D eigenvalue weighted by Gasteiger charge is -2.26. The van der Waals surface area contributed by atoms with Crippen LogP contribution in [-0.2, 0) is 0 Å². The summed E-state index contributed by atoms with van der Waals surface area (Å²) in [5.41, 5.74) is 1.34. The summed E-state index contributed by atoms with van der Waals surface area (Å²) < 4.78 is 5.15. The lowest BCUT2D eigenvalue weighted by molar-refractivity contribution is 0.377. The molecule has 0 atom stereocenters. The number of ether oxygens (including phenoxy) is 1. The van der Waals surface area contributed by atoms with Crippen molar-refractivity contribution >= 4 is 28.7 Å². The zero-order chi connectivity index (χ0) is 15.9. The van der Waals surface area contributed by atoms with Crippen LogP contribution in [0.3, 0.4) is 0 Å². The van der Waals surface area contributed by atoms with Crippen molar-refractivity contribution < 1.29 is 4.74 Å². The Morgan fingerprint density at radius 2 is 2.18 bits per heavy atom. The summed E-state index contributed by atoms with van der Waals surface area (Å²) >= 11 is 1.45. The van der Waals surface area contributed by atoms with E-state index >= 15 is 0 Å². The van der Waals surface area contributed by atoms with Crippen LogP contribution in [0.2, 0.25) is 0 Å². The molecule has 22 heavy (non-hydrogen) atoms. The van der Waals surface area contributed by atoms with Crippen LogP contribution in [0.15, 0.2) is 45.8 Å². The van der Waals surface area contributed by atoms with Crippen molar-refractivity contribution in [2.75, 3.05) is 25.4 Å². The summed E-state index contributed by atoms with van der Waals surface area (Å²) in [5.74, 6) is 1.41. The quantitative estimate of drug-likeness (QED) is 0.865. The number of rotatable bonds is 4. The number of methoxy groups -OCH3 is 1. The fourth-order valence-corrected chi connectivity index (χ4v) is 2.48. The number of hydrogen-bond donors (Lipinski definition) is 1. The first-order valence-electron chi connectivity index (χ1n) is 6.63. The van der Waals surface area contributed by atoms with Gasteiger partial charge in [0.1, 0.15) is 34.9 Å². The summed E-state index contributed by atoms with van der Waals surface area (Å²) in [6.45, 7) is 2.20. The van der Waals surface area contributed by atoms with E-state index in [1.54, 1.807) is 18.3 Å². The molecule has 1 aliphatic heterocycles. The molecular weight excluding hydrogens is 298 g/mol. The van der Waals surface area contributed by atoms with Gasteiger partial charge >= 0.3 is 0 Å². The average molecular weight is 315 g/mol. The second kappa shape index (κ2) is 7.52. The molecule has 0 spiro atoms. The Morgan fingerprint density at radius 1 is 1.45 bits per heavy atom. The molecular formula is C15H17N5OS. The van der Waals surface area contributed by atoms with E-state index in [9.17, 15) is 5.26 Å². The fourth-order valence-electron chi connectivity index (χ4n) is 1.95. The molecule has 0 fully saturated rings. The zero-order valence-electron chi connectivity index (χ0n) is 12.7. The third-order valence-electron chi connectivity index (χ3n) is 2.97. The van der Waals surface area contributed by atoms with E-state index in [0.717, 1.165) is 11.4 Å². The third-order valence-corrected chi connectivity index (χ3v) is 3.69. The van der Waals surface area contributed by atoms with Crippen molar-refractivity contribution in [1.82, 2.24) is 5.01 Å². The summed E-state index contributed by atoms with van der Waals surface area (Å²) in [4.78, 5) is 4.37. The predicted octanol–water partition coefficient (Wildman–Crippen LogP) is 2.88. The summed E-state index contributed by atoms with van der Waals surface area (Å²) in [5, 5.41) is 19.4. The maximum atomic E-state index is 9.47. The average Bonchev–Trinajstić information content (AvgIpc) is 2.56. The van der Waals surface area contributed by atoms with Crippen molar-refractivity contribution in [2.45, 2.75) is 6.92 Å². The van der Waals surface area contributed by atoms with Gasteiger partial charge in [0, 0.05) is 11.9 Å². The first-order valence-corrected chi connectivity index (χ1v) is 7.86. The molecule has 0 saturated carbocycles. The van der Waals surface area contributed by atoms with E-state index in [2.05, 4.69) is 21.5 Å². The van der Waals surface area contributed by atoms with E-state index in [1.165, 1.54) is 11.8 Å². The van der Waals surface area contributed by atoms with Crippen LogP contribution >= 0.6 is 11.8 Å². The lowest BCUT2D eigenvalue weighted by Crippen LogP contribution is -2.29. The number of aliphatic imine (C=N–C) groups is 1. The van der Waals surface area contributed by atoms with Gasteiger partial charge < -0.3 is 10.1 Å². The Morgan fingerprint density at radius 3 is 2.73 bits per heavy atom. The Kier molecular flexibility index (Phi) is 5.44. The highest BCUT2D eigenvalue weighted by Crippen LogP contribution is 2.25. The fraction of sp³-hybridized carbons (Fsp3) is 0.267. The maximum Gasteiger partial charge on any atom is 0.150 e. The molecule has 6 nitrogen and oxygen atoms in total. The highest BCUT2D eigenvalue weighted by atomic mass is 32.2. The largest absolute Gasteiger partial charge is 0.497 e. The molecule has 0 radical (unpaired) electrons. The molecule has 7 heteroatoms. The number of nitrogens with zero attached hydrogens (tertiary/aromatic N) is 4. The molecule has 0 aromatic heterocycles. The van der Waals surface area contributed by atoms with Crippen LogP contribution in [0.5, 0.6) is 5.75 Å². The van der Waals surface area contributed by atoms with Gasteiger partial charge in [-0.05, 0) is 37.4 Å². The number of benzene rings is 1. The molecule has 0 bridgehead atoms. The molecule has 1 aromatic rings. The number of anilines is 1. The molecule has 1 aliphatic rings. The zero-order valence-corrected chi connectivity index (χ0v) is 13.5. The van der Waals surface area contributed by atoms with Gasteiger partial charge in [-0.3, -0.25) is 4.99 Å². The van der Waals surface area contributed by atoms with Crippen molar-refractivity contribution in [1.29, 1.82) is 5.26 Å².